The van der Waals surface area contributed by atoms with Gasteiger partial charge in [-0.2, -0.15) is 0 Å². The molecule has 0 unspecified atom stereocenters. The Labute approximate surface area is 287 Å². The van der Waals surface area contributed by atoms with Gasteiger partial charge in [-0.25, -0.2) is 4.98 Å². The number of benzene rings is 8. The number of aromatic nitrogens is 3. The second-order valence-corrected chi connectivity index (χ2v) is 13.2. The monoisotopic (exact) mass is 635 g/mol. The second kappa shape index (κ2) is 10.4. The molecule has 1 N–H and O–H groups in total. The van der Waals surface area contributed by atoms with Crippen molar-refractivity contribution in [1.29, 1.82) is 0 Å². The van der Waals surface area contributed by atoms with Crippen molar-refractivity contribution in [3.8, 4) is 28.2 Å². The summed E-state index contributed by atoms with van der Waals surface area (Å²) in [5, 5.41) is 12.6. The van der Waals surface area contributed by atoms with E-state index in [1.165, 1.54) is 70.4 Å². The predicted octanol–water partition coefficient (Wildman–Crippen LogP) is 12.6. The largest absolute Gasteiger partial charge is 0.354 e. The van der Waals surface area contributed by atoms with Crippen molar-refractivity contribution >= 4 is 75.9 Å². The van der Waals surface area contributed by atoms with Crippen molar-refractivity contribution in [3.63, 3.8) is 0 Å². The first kappa shape index (κ1) is 27.3. The van der Waals surface area contributed by atoms with E-state index in [1.54, 1.807) is 0 Å². The minimum atomic E-state index is 0.947. The van der Waals surface area contributed by atoms with Crippen LogP contribution in [-0.4, -0.2) is 14.5 Å². The first-order valence-corrected chi connectivity index (χ1v) is 17.2. The fourth-order valence-corrected chi connectivity index (χ4v) is 8.39. The number of fused-ring (bicyclic) bond motifs is 15. The number of rotatable bonds is 3. The molecule has 8 aromatic carbocycles. The summed E-state index contributed by atoms with van der Waals surface area (Å²) in [6.45, 7) is 0. The fraction of sp³-hybridized carbons (Fsp3) is 0. The Bertz CT molecular complexity index is 3070. The lowest BCUT2D eigenvalue weighted by Gasteiger charge is -2.16. The van der Waals surface area contributed by atoms with Gasteiger partial charge in [-0.3, -0.25) is 0 Å². The van der Waals surface area contributed by atoms with Gasteiger partial charge in [-0.05, 0) is 40.4 Å². The maximum Gasteiger partial charge on any atom is 0.0730 e. The Hall–Kier alpha value is -6.71. The average Bonchev–Trinajstić information content (AvgIpc) is 3.76. The molecule has 3 heteroatoms. The van der Waals surface area contributed by atoms with Gasteiger partial charge in [-0.1, -0.05) is 146 Å². The molecule has 0 saturated heterocycles. The Morgan fingerprint density at radius 2 is 0.920 bits per heavy atom. The minimum Gasteiger partial charge on any atom is -0.354 e. The molecule has 0 saturated carbocycles. The molecular formula is C47H29N3. The summed E-state index contributed by atoms with van der Waals surface area (Å²) in [4.78, 5) is 9.09. The van der Waals surface area contributed by atoms with Crippen LogP contribution in [0.4, 0.5) is 0 Å². The average molecular weight is 636 g/mol. The molecule has 0 aliphatic carbocycles. The van der Waals surface area contributed by atoms with Gasteiger partial charge in [0.1, 0.15) is 0 Å². The Morgan fingerprint density at radius 1 is 0.400 bits per heavy atom. The first-order valence-electron chi connectivity index (χ1n) is 17.2. The van der Waals surface area contributed by atoms with Gasteiger partial charge < -0.3 is 9.55 Å². The molecule has 0 aliphatic heterocycles. The molecule has 0 bridgehead atoms. The van der Waals surface area contributed by atoms with E-state index < -0.39 is 0 Å². The molecule has 0 atom stereocenters. The molecule has 3 nitrogen and oxygen atoms in total. The summed E-state index contributed by atoms with van der Waals surface area (Å²) >= 11 is 0. The highest BCUT2D eigenvalue weighted by Crippen LogP contribution is 2.49. The van der Waals surface area contributed by atoms with E-state index in [1.807, 2.05) is 0 Å². The quantitative estimate of drug-likeness (QED) is 0.193. The van der Waals surface area contributed by atoms with E-state index in [0.717, 1.165) is 33.7 Å². The molecule has 0 amide bonds. The van der Waals surface area contributed by atoms with Crippen LogP contribution in [0.25, 0.3) is 104 Å². The lowest BCUT2D eigenvalue weighted by atomic mass is 9.89. The highest BCUT2D eigenvalue weighted by molar-refractivity contribution is 6.45. The number of nitrogens with one attached hydrogen (secondary N) is 1. The molecular weight excluding hydrogens is 607 g/mol. The second-order valence-electron chi connectivity index (χ2n) is 13.2. The summed E-state index contributed by atoms with van der Waals surface area (Å²) < 4.78 is 2.49. The molecule has 3 heterocycles. The normalized spacial score (nSPS) is 12.0. The molecule has 11 rings (SSSR count). The lowest BCUT2D eigenvalue weighted by molar-refractivity contribution is 1.16. The number of nitrogens with zero attached hydrogens (tertiary/aromatic N) is 2. The molecule has 0 aliphatic rings. The van der Waals surface area contributed by atoms with Gasteiger partial charge in [0, 0.05) is 54.3 Å². The van der Waals surface area contributed by atoms with Gasteiger partial charge in [0.15, 0.2) is 0 Å². The number of hydrogen-bond acceptors (Lipinski definition) is 1. The van der Waals surface area contributed by atoms with Gasteiger partial charge in [0.25, 0.3) is 0 Å². The highest BCUT2D eigenvalue weighted by Gasteiger charge is 2.24. The maximum absolute atomic E-state index is 5.24. The van der Waals surface area contributed by atoms with E-state index >= 15 is 0 Å². The van der Waals surface area contributed by atoms with E-state index in [2.05, 4.69) is 179 Å². The van der Waals surface area contributed by atoms with E-state index in [0.29, 0.717) is 0 Å². The molecule has 0 fully saturated rings. The topological polar surface area (TPSA) is 33.6 Å². The van der Waals surface area contributed by atoms with Crippen LogP contribution in [0.3, 0.4) is 0 Å². The lowest BCUT2D eigenvalue weighted by Crippen LogP contribution is -1.99. The number of H-pyrrole nitrogens is 1. The van der Waals surface area contributed by atoms with Gasteiger partial charge >= 0.3 is 0 Å². The van der Waals surface area contributed by atoms with Gasteiger partial charge in [0.2, 0.25) is 0 Å². The Kier molecular flexibility index (Phi) is 5.67. The third-order valence-electron chi connectivity index (χ3n) is 10.5. The zero-order valence-corrected chi connectivity index (χ0v) is 27.1. The Morgan fingerprint density at radius 3 is 1.60 bits per heavy atom. The number of para-hydroxylation sites is 2. The third-order valence-corrected chi connectivity index (χ3v) is 10.5. The maximum atomic E-state index is 5.24. The van der Waals surface area contributed by atoms with Crippen LogP contribution in [0.2, 0.25) is 0 Å². The standard InChI is InChI=1S/C47H29N3/c1-3-15-29(16-4-1)39-27-31(28-40(48-39)30-17-5-2-6-18-30)50-41-26-14-12-24-37(41)44-45-42(33-20-8-10-22-35(33)47(44)50)32-19-7-9-21-34(32)46-43(45)36-23-11-13-25-38(36)49-46/h1-28,49H. The van der Waals surface area contributed by atoms with Crippen molar-refractivity contribution in [2.45, 2.75) is 0 Å². The van der Waals surface area contributed by atoms with Crippen LogP contribution in [-0.2, 0) is 0 Å². The summed E-state index contributed by atoms with van der Waals surface area (Å²) in [5.41, 5.74) is 9.88. The number of pyridine rings is 1. The molecule has 0 spiro atoms. The van der Waals surface area contributed by atoms with E-state index in [9.17, 15) is 0 Å². The summed E-state index contributed by atoms with van der Waals surface area (Å²) in [6.07, 6.45) is 0. The smallest absolute Gasteiger partial charge is 0.0730 e. The molecule has 11 aromatic rings. The minimum absolute atomic E-state index is 0.947. The van der Waals surface area contributed by atoms with Crippen molar-refractivity contribution in [3.05, 3.63) is 170 Å². The van der Waals surface area contributed by atoms with E-state index in [-0.39, 0.29) is 0 Å². The first-order chi connectivity index (χ1) is 24.8. The zero-order chi connectivity index (χ0) is 32.8. The molecule has 3 aromatic heterocycles. The molecule has 0 radical (unpaired) electrons. The summed E-state index contributed by atoms with van der Waals surface area (Å²) in [5.74, 6) is 0. The predicted molar refractivity (Wildman–Crippen MR) is 211 cm³/mol. The van der Waals surface area contributed by atoms with Crippen molar-refractivity contribution in [2.75, 3.05) is 0 Å². The van der Waals surface area contributed by atoms with Crippen LogP contribution in [0.15, 0.2) is 170 Å². The van der Waals surface area contributed by atoms with Crippen LogP contribution >= 0.6 is 0 Å². The van der Waals surface area contributed by atoms with Crippen molar-refractivity contribution in [2.24, 2.45) is 0 Å². The fourth-order valence-electron chi connectivity index (χ4n) is 8.39. The number of aromatic amines is 1. The van der Waals surface area contributed by atoms with E-state index in [4.69, 9.17) is 4.98 Å². The number of hydrogen-bond donors (Lipinski definition) is 1. The molecule has 50 heavy (non-hydrogen) atoms. The SMILES string of the molecule is c1ccc(-c2cc(-n3c4ccccc4c4c5c(c6ccccc6c6[nH]c7ccccc7c65)c5ccccc5c43)cc(-c3ccccc3)n2)cc1. The Balaban J connectivity index is 1.41. The summed E-state index contributed by atoms with van der Waals surface area (Å²) in [7, 11) is 0. The van der Waals surface area contributed by atoms with Gasteiger partial charge in [0.05, 0.1) is 33.6 Å². The van der Waals surface area contributed by atoms with Crippen LogP contribution in [0, 0.1) is 0 Å². The summed E-state index contributed by atoms with van der Waals surface area (Å²) in [6, 6.07) is 61.1. The van der Waals surface area contributed by atoms with Crippen LogP contribution < -0.4 is 0 Å². The van der Waals surface area contributed by atoms with Crippen LogP contribution in [0.5, 0.6) is 0 Å². The van der Waals surface area contributed by atoms with Crippen molar-refractivity contribution < 1.29 is 0 Å². The highest BCUT2D eigenvalue weighted by atomic mass is 15.0. The van der Waals surface area contributed by atoms with Crippen molar-refractivity contribution in [1.82, 2.24) is 14.5 Å². The van der Waals surface area contributed by atoms with Crippen LogP contribution in [0.1, 0.15) is 0 Å². The zero-order valence-electron chi connectivity index (χ0n) is 27.1. The third kappa shape index (κ3) is 3.77. The van der Waals surface area contributed by atoms with Gasteiger partial charge in [-0.15, -0.1) is 0 Å². The molecule has 232 valence electrons.